The fourth-order valence-electron chi connectivity index (χ4n) is 6.08. The fraction of sp³-hybridized carbons (Fsp3) is 0.375. The third kappa shape index (κ3) is 5.20. The van der Waals surface area contributed by atoms with E-state index in [4.69, 9.17) is 9.97 Å². The van der Waals surface area contributed by atoms with Gasteiger partial charge in [0.15, 0.2) is 5.13 Å². The number of thiazole rings is 1. The maximum atomic E-state index is 4.92. The first kappa shape index (κ1) is 28.0. The number of hydrogen-bond donors (Lipinski definition) is 3. The van der Waals surface area contributed by atoms with Gasteiger partial charge in [0.2, 0.25) is 0 Å². The zero-order valence-corrected chi connectivity index (χ0v) is 26.2. The van der Waals surface area contributed by atoms with Crippen LogP contribution >= 0.6 is 20.7 Å². The highest BCUT2D eigenvalue weighted by Crippen LogP contribution is 2.48. The van der Waals surface area contributed by atoms with E-state index in [1.54, 1.807) is 11.3 Å². The number of fused-ring (bicyclic) bond motifs is 1. The smallest absolute Gasteiger partial charge is 0.189 e. The van der Waals surface area contributed by atoms with Crippen LogP contribution in [0.15, 0.2) is 54.1 Å². The van der Waals surface area contributed by atoms with Crippen molar-refractivity contribution >= 4 is 54.9 Å². The van der Waals surface area contributed by atoms with E-state index in [9.17, 15) is 0 Å². The zero-order chi connectivity index (χ0) is 29.1. The van der Waals surface area contributed by atoms with Crippen LogP contribution in [0.25, 0.3) is 16.1 Å². The van der Waals surface area contributed by atoms with Crippen molar-refractivity contribution in [3.8, 4) is 10.4 Å². The number of aromatic nitrogens is 2. The molecule has 3 aliphatic rings. The van der Waals surface area contributed by atoms with Gasteiger partial charge in [-0.25, -0.2) is 9.97 Å². The van der Waals surface area contributed by atoms with E-state index in [0.29, 0.717) is 6.04 Å². The van der Waals surface area contributed by atoms with Gasteiger partial charge in [-0.2, -0.15) is 0 Å². The minimum absolute atomic E-state index is 0.286. The lowest BCUT2D eigenvalue weighted by molar-refractivity contribution is 0.290. The molecule has 7 nitrogen and oxygen atoms in total. The van der Waals surface area contributed by atoms with E-state index in [1.807, 2.05) is 25.2 Å². The Balaban J connectivity index is 1.33. The highest BCUT2D eigenvalue weighted by molar-refractivity contribution is 8.26. The van der Waals surface area contributed by atoms with Gasteiger partial charge in [0.05, 0.1) is 10.6 Å². The molecule has 2 aliphatic heterocycles. The normalized spacial score (nSPS) is 20.0. The molecule has 41 heavy (non-hydrogen) atoms. The monoisotopic (exact) mass is 587 g/mol. The lowest BCUT2D eigenvalue weighted by Crippen LogP contribution is -2.48. The number of pyridine rings is 1. The molecule has 0 spiro atoms. The van der Waals surface area contributed by atoms with Crippen molar-refractivity contribution in [3.05, 3.63) is 66.0 Å². The molecule has 1 aliphatic carbocycles. The summed E-state index contributed by atoms with van der Waals surface area (Å²) in [4.78, 5) is 16.8. The summed E-state index contributed by atoms with van der Waals surface area (Å²) in [5, 5.41) is 7.69. The SMILES string of the molecule is C=C1c2c(cc(-c3sc(Nc4cccc(N5C(=C)CNC[C@@H]5C)n4)nc3C)cc2S(=C)(=C)NC)CN1C(C)C1CC1. The van der Waals surface area contributed by atoms with E-state index in [2.05, 4.69) is 83.0 Å². The molecule has 0 radical (unpaired) electrons. The summed E-state index contributed by atoms with van der Waals surface area (Å²) in [5.74, 6) is 11.5. The zero-order valence-electron chi connectivity index (χ0n) is 24.6. The molecule has 2 fully saturated rings. The summed E-state index contributed by atoms with van der Waals surface area (Å²) in [6.07, 6.45) is 2.62. The van der Waals surface area contributed by atoms with Crippen LogP contribution in [0.3, 0.4) is 0 Å². The van der Waals surface area contributed by atoms with Gasteiger partial charge in [-0.05, 0) is 82.0 Å². The third-order valence-electron chi connectivity index (χ3n) is 8.59. The summed E-state index contributed by atoms with van der Waals surface area (Å²) >= 11 is 1.65. The standard InChI is InChI=1S/C32H41N7S2/c1-19-16-34-17-20(2)39(19)29-11-9-10-28(36-29)37-32-35-21(3)31(40-32)25-14-26-18-38(22(4)24-12-13-24)23(5)30(26)27(15-25)41(7,8)33-6/h9-11,14-15,20,22,24,33-34H,1,5,7-8,12-13,16-18H2,2-4,6H3,(H,35,36,37)/t20-,22?/m0/s1. The lowest BCUT2D eigenvalue weighted by atomic mass is 10.0. The molecule has 1 saturated heterocycles. The largest absolute Gasteiger partial charge is 0.364 e. The molecule has 0 amide bonds. The van der Waals surface area contributed by atoms with Crippen LogP contribution in [-0.4, -0.2) is 58.8 Å². The van der Waals surface area contributed by atoms with Crippen molar-refractivity contribution in [2.75, 3.05) is 30.4 Å². The number of benzene rings is 1. The molecular weight excluding hydrogens is 547 g/mol. The lowest BCUT2D eigenvalue weighted by Gasteiger charge is -2.36. The Morgan fingerprint density at radius 1 is 1.17 bits per heavy atom. The Kier molecular flexibility index (Phi) is 7.26. The number of hydrogen-bond acceptors (Lipinski definition) is 8. The van der Waals surface area contributed by atoms with Crippen LogP contribution in [0.5, 0.6) is 0 Å². The summed E-state index contributed by atoms with van der Waals surface area (Å²) in [6.45, 7) is 17.9. The molecule has 2 atom stereocenters. The molecule has 1 aromatic carbocycles. The highest BCUT2D eigenvalue weighted by Gasteiger charge is 2.37. The van der Waals surface area contributed by atoms with Gasteiger partial charge >= 0.3 is 0 Å². The highest BCUT2D eigenvalue weighted by atomic mass is 32.2. The summed E-state index contributed by atoms with van der Waals surface area (Å²) < 4.78 is 3.41. The molecule has 3 aromatic rings. The van der Waals surface area contributed by atoms with Crippen molar-refractivity contribution in [2.45, 2.75) is 57.1 Å². The van der Waals surface area contributed by atoms with Crippen molar-refractivity contribution in [2.24, 2.45) is 5.92 Å². The molecule has 1 saturated carbocycles. The predicted molar refractivity (Wildman–Crippen MR) is 180 cm³/mol. The molecule has 3 N–H and O–H groups in total. The maximum Gasteiger partial charge on any atom is 0.189 e. The van der Waals surface area contributed by atoms with Gasteiger partial charge in [0.25, 0.3) is 0 Å². The van der Waals surface area contributed by atoms with Crippen molar-refractivity contribution in [1.29, 1.82) is 0 Å². The van der Waals surface area contributed by atoms with Crippen LogP contribution in [0, 0.1) is 12.8 Å². The molecule has 6 rings (SSSR count). The molecule has 1 unspecified atom stereocenters. The topological polar surface area (TPSA) is 68.3 Å². The summed E-state index contributed by atoms with van der Waals surface area (Å²) in [7, 11) is 0.238. The number of nitrogens with zero attached hydrogens (tertiary/aromatic N) is 4. The fourth-order valence-corrected chi connectivity index (χ4v) is 8.25. The van der Waals surface area contributed by atoms with Gasteiger partial charge < -0.3 is 20.4 Å². The first-order chi connectivity index (χ1) is 19.6. The van der Waals surface area contributed by atoms with Gasteiger partial charge in [0.1, 0.15) is 11.6 Å². The van der Waals surface area contributed by atoms with Gasteiger partial charge in [-0.1, -0.05) is 42.3 Å². The van der Waals surface area contributed by atoms with E-state index in [-0.39, 0.29) is 6.04 Å². The molecule has 2 aromatic heterocycles. The van der Waals surface area contributed by atoms with E-state index < -0.39 is 9.39 Å². The maximum absolute atomic E-state index is 4.92. The Morgan fingerprint density at radius 3 is 2.66 bits per heavy atom. The number of piperazine rings is 1. The van der Waals surface area contributed by atoms with E-state index in [0.717, 1.165) is 74.7 Å². The number of rotatable bonds is 8. The second-order valence-corrected chi connectivity index (χ2v) is 15.2. The first-order valence-electron chi connectivity index (χ1n) is 14.3. The molecule has 0 bridgehead atoms. The molecular formula is C32H41N7S2. The average molecular weight is 588 g/mol. The van der Waals surface area contributed by atoms with E-state index in [1.165, 1.54) is 24.0 Å². The van der Waals surface area contributed by atoms with Gasteiger partial charge in [0, 0.05) is 53.6 Å². The Bertz CT molecular complexity index is 1630. The molecule has 216 valence electrons. The second kappa shape index (κ2) is 10.6. The number of aryl methyl sites for hydroxylation is 1. The Hall–Kier alpha value is -3.11. The Labute approximate surface area is 249 Å². The number of nitrogens with one attached hydrogen (secondary N) is 3. The van der Waals surface area contributed by atoms with Crippen LogP contribution in [0.4, 0.5) is 16.8 Å². The second-order valence-electron chi connectivity index (χ2n) is 11.6. The molecule has 4 heterocycles. The minimum Gasteiger partial charge on any atom is -0.364 e. The quantitative estimate of drug-likeness (QED) is 0.267. The van der Waals surface area contributed by atoms with E-state index >= 15 is 0 Å². The third-order valence-corrected chi connectivity index (χ3v) is 11.7. The Morgan fingerprint density at radius 2 is 1.95 bits per heavy atom. The van der Waals surface area contributed by atoms with Crippen molar-refractivity contribution in [3.63, 3.8) is 0 Å². The average Bonchev–Trinajstić information content (AvgIpc) is 3.65. The van der Waals surface area contributed by atoms with Crippen LogP contribution < -0.4 is 20.3 Å². The first-order valence-corrected chi connectivity index (χ1v) is 17.1. The van der Waals surface area contributed by atoms with Crippen molar-refractivity contribution < 1.29 is 0 Å². The van der Waals surface area contributed by atoms with Crippen LogP contribution in [0.1, 0.15) is 43.5 Å². The van der Waals surface area contributed by atoms with Crippen molar-refractivity contribution in [1.82, 2.24) is 24.9 Å². The van der Waals surface area contributed by atoms with Crippen LogP contribution in [-0.2, 0) is 6.54 Å². The summed E-state index contributed by atoms with van der Waals surface area (Å²) in [6, 6.07) is 11.4. The minimum atomic E-state index is -1.71. The predicted octanol–water partition coefficient (Wildman–Crippen LogP) is 6.32. The van der Waals surface area contributed by atoms with Gasteiger partial charge in [-0.15, -0.1) is 9.39 Å². The van der Waals surface area contributed by atoms with Gasteiger partial charge in [-0.3, -0.25) is 4.72 Å². The molecule has 9 heteroatoms. The summed E-state index contributed by atoms with van der Waals surface area (Å²) in [5.41, 5.74) is 6.80. The number of anilines is 3. The van der Waals surface area contributed by atoms with Crippen LogP contribution in [0.2, 0.25) is 0 Å².